The van der Waals surface area contributed by atoms with Gasteiger partial charge in [0.1, 0.15) is 5.75 Å². The lowest BCUT2D eigenvalue weighted by molar-refractivity contribution is 0.184. The van der Waals surface area contributed by atoms with Crippen LogP contribution in [0.2, 0.25) is 5.02 Å². The van der Waals surface area contributed by atoms with Crippen molar-refractivity contribution >= 4 is 23.3 Å². The number of halogens is 1. The molecule has 1 aliphatic carbocycles. The predicted molar refractivity (Wildman–Crippen MR) is 164 cm³/mol. The third kappa shape index (κ3) is 6.61. The van der Waals surface area contributed by atoms with E-state index in [0.717, 1.165) is 36.8 Å². The number of methoxy groups -OCH3 is 4. The fourth-order valence-corrected chi connectivity index (χ4v) is 5.61. The number of hydrogen-bond acceptors (Lipinski definition) is 8. The highest BCUT2D eigenvalue weighted by Gasteiger charge is 2.28. The van der Waals surface area contributed by atoms with Crippen molar-refractivity contribution in [2.45, 2.75) is 38.3 Å². The van der Waals surface area contributed by atoms with Gasteiger partial charge in [-0.1, -0.05) is 24.4 Å². The van der Waals surface area contributed by atoms with Crippen molar-refractivity contribution in [3.05, 3.63) is 59.9 Å². The van der Waals surface area contributed by atoms with Crippen molar-refractivity contribution < 1.29 is 23.7 Å². The summed E-state index contributed by atoms with van der Waals surface area (Å²) in [5.74, 6) is 3.13. The molecule has 43 heavy (non-hydrogen) atoms. The SMILES string of the molecule is COc1ccc(-c2nc(-c3ccncc3)nn2CCN(C(=O)Nc2cc(OC)c(OC)c(OC)c2)C2CCCC2)cc1Cl. The third-order valence-corrected chi connectivity index (χ3v) is 7.81. The molecule has 1 fully saturated rings. The fraction of sp³-hybridized carbons (Fsp3) is 0.355. The highest BCUT2D eigenvalue weighted by Crippen LogP contribution is 2.40. The van der Waals surface area contributed by atoms with Crippen molar-refractivity contribution in [1.29, 1.82) is 0 Å². The van der Waals surface area contributed by atoms with Gasteiger partial charge in [0.15, 0.2) is 23.1 Å². The Balaban J connectivity index is 1.44. The fourth-order valence-electron chi connectivity index (χ4n) is 5.36. The molecule has 1 saturated carbocycles. The topological polar surface area (TPSA) is 113 Å². The third-order valence-electron chi connectivity index (χ3n) is 7.52. The average molecular weight is 607 g/mol. The first-order valence-corrected chi connectivity index (χ1v) is 14.4. The van der Waals surface area contributed by atoms with Gasteiger partial charge in [-0.15, -0.1) is 0 Å². The second-order valence-electron chi connectivity index (χ2n) is 10.0. The molecule has 5 rings (SSSR count). The van der Waals surface area contributed by atoms with Crippen LogP contribution in [0.15, 0.2) is 54.9 Å². The van der Waals surface area contributed by atoms with Crippen LogP contribution >= 0.6 is 11.6 Å². The summed E-state index contributed by atoms with van der Waals surface area (Å²) in [5, 5.41) is 8.34. The highest BCUT2D eigenvalue weighted by atomic mass is 35.5. The molecule has 0 saturated heterocycles. The van der Waals surface area contributed by atoms with Crippen LogP contribution in [-0.2, 0) is 6.54 Å². The van der Waals surface area contributed by atoms with Crippen molar-refractivity contribution in [3.63, 3.8) is 0 Å². The molecule has 0 spiro atoms. The largest absolute Gasteiger partial charge is 0.495 e. The van der Waals surface area contributed by atoms with Crippen molar-refractivity contribution in [2.24, 2.45) is 0 Å². The van der Waals surface area contributed by atoms with Crippen LogP contribution in [0, 0.1) is 0 Å². The number of pyridine rings is 1. The first-order chi connectivity index (χ1) is 20.9. The lowest BCUT2D eigenvalue weighted by Crippen LogP contribution is -2.43. The Morgan fingerprint density at radius 2 is 1.60 bits per heavy atom. The van der Waals surface area contributed by atoms with Crippen LogP contribution in [0.1, 0.15) is 25.7 Å². The number of nitrogens with one attached hydrogen (secondary N) is 1. The lowest BCUT2D eigenvalue weighted by Gasteiger charge is -2.29. The number of anilines is 1. The van der Waals surface area contributed by atoms with Gasteiger partial charge in [0.25, 0.3) is 0 Å². The zero-order valence-corrected chi connectivity index (χ0v) is 25.4. The van der Waals surface area contributed by atoms with E-state index in [-0.39, 0.29) is 12.1 Å². The smallest absolute Gasteiger partial charge is 0.322 e. The maximum Gasteiger partial charge on any atom is 0.322 e. The Hall–Kier alpha value is -4.51. The first kappa shape index (κ1) is 30.0. The molecule has 12 heteroatoms. The Morgan fingerprint density at radius 1 is 0.930 bits per heavy atom. The van der Waals surface area contributed by atoms with Gasteiger partial charge >= 0.3 is 6.03 Å². The van der Waals surface area contributed by atoms with E-state index >= 15 is 0 Å². The van der Waals surface area contributed by atoms with E-state index in [1.54, 1.807) is 59.0 Å². The molecule has 1 aliphatic rings. The minimum absolute atomic E-state index is 0.101. The predicted octanol–water partition coefficient (Wildman–Crippen LogP) is 6.17. The summed E-state index contributed by atoms with van der Waals surface area (Å²) in [7, 11) is 6.20. The number of carbonyl (C=O) groups excluding carboxylic acids is 1. The summed E-state index contributed by atoms with van der Waals surface area (Å²) in [6.07, 6.45) is 7.42. The molecule has 0 radical (unpaired) electrons. The quantitative estimate of drug-likeness (QED) is 0.216. The summed E-state index contributed by atoms with van der Waals surface area (Å²) in [6.45, 7) is 0.827. The van der Waals surface area contributed by atoms with E-state index in [4.69, 9.17) is 40.6 Å². The Bertz CT molecular complexity index is 1530. The molecule has 2 aromatic heterocycles. The summed E-state index contributed by atoms with van der Waals surface area (Å²) >= 11 is 6.47. The minimum Gasteiger partial charge on any atom is -0.495 e. The zero-order valence-electron chi connectivity index (χ0n) is 24.7. The Labute approximate surface area is 255 Å². The normalized spacial score (nSPS) is 13.0. The molecule has 4 aromatic rings. The van der Waals surface area contributed by atoms with Gasteiger partial charge in [-0.2, -0.15) is 5.10 Å². The van der Waals surface area contributed by atoms with Crippen molar-refractivity contribution in [1.82, 2.24) is 24.6 Å². The van der Waals surface area contributed by atoms with Gasteiger partial charge in [-0.25, -0.2) is 14.5 Å². The van der Waals surface area contributed by atoms with Gasteiger partial charge in [-0.05, 0) is 43.2 Å². The second-order valence-corrected chi connectivity index (χ2v) is 10.5. The molecule has 11 nitrogen and oxygen atoms in total. The number of benzene rings is 2. The standard InChI is InChI=1S/C31H35ClN6O5/c1-40-25-10-9-21(17-24(25)32)30-35-29(20-11-13-33-14-12-20)36-38(30)16-15-37(23-7-5-6-8-23)31(39)34-22-18-26(41-2)28(43-4)27(19-22)42-3/h9-14,17-19,23H,5-8,15-16H2,1-4H3,(H,34,39). The molecule has 1 N–H and O–H groups in total. The second kappa shape index (κ2) is 13.6. The molecule has 0 atom stereocenters. The van der Waals surface area contributed by atoms with Gasteiger partial charge < -0.3 is 29.2 Å². The maximum absolute atomic E-state index is 13.8. The van der Waals surface area contributed by atoms with Crippen LogP contribution in [-0.4, -0.2) is 71.7 Å². The van der Waals surface area contributed by atoms with E-state index in [1.165, 1.54) is 0 Å². The highest BCUT2D eigenvalue weighted by molar-refractivity contribution is 6.32. The molecule has 2 heterocycles. The molecular weight excluding hydrogens is 572 g/mol. The zero-order chi connectivity index (χ0) is 30.3. The van der Waals surface area contributed by atoms with Gasteiger partial charge in [0, 0.05) is 48.2 Å². The molecule has 2 aromatic carbocycles. The molecule has 226 valence electrons. The van der Waals surface area contributed by atoms with Crippen molar-refractivity contribution in [3.8, 4) is 45.8 Å². The number of nitrogens with zero attached hydrogens (tertiary/aromatic N) is 5. The minimum atomic E-state index is -0.218. The van der Waals surface area contributed by atoms with E-state index in [2.05, 4.69) is 10.3 Å². The van der Waals surface area contributed by atoms with E-state index in [1.807, 2.05) is 33.8 Å². The van der Waals surface area contributed by atoms with Gasteiger partial charge in [-0.3, -0.25) is 4.98 Å². The first-order valence-electron chi connectivity index (χ1n) is 14.0. The van der Waals surface area contributed by atoms with E-state index in [0.29, 0.717) is 58.4 Å². The van der Waals surface area contributed by atoms with Gasteiger partial charge in [0.2, 0.25) is 5.75 Å². The number of hydrogen-bond donors (Lipinski definition) is 1. The molecular formula is C31H35ClN6O5. The number of carbonyl (C=O) groups is 1. The number of urea groups is 1. The summed E-state index contributed by atoms with van der Waals surface area (Å²) < 4.78 is 23.5. The van der Waals surface area contributed by atoms with Crippen LogP contribution in [0.5, 0.6) is 23.0 Å². The Morgan fingerprint density at radius 3 is 2.21 bits per heavy atom. The molecule has 0 aliphatic heterocycles. The van der Waals surface area contributed by atoms with Crippen LogP contribution in [0.4, 0.5) is 10.5 Å². The van der Waals surface area contributed by atoms with Crippen LogP contribution in [0.25, 0.3) is 22.8 Å². The molecule has 2 amide bonds. The monoisotopic (exact) mass is 606 g/mol. The van der Waals surface area contributed by atoms with Gasteiger partial charge in [0.05, 0.1) is 45.7 Å². The molecule has 0 bridgehead atoms. The summed E-state index contributed by atoms with van der Waals surface area (Å²) in [4.78, 5) is 24.6. The maximum atomic E-state index is 13.8. The number of rotatable bonds is 11. The van der Waals surface area contributed by atoms with E-state index < -0.39 is 0 Å². The van der Waals surface area contributed by atoms with Crippen LogP contribution < -0.4 is 24.3 Å². The average Bonchev–Trinajstić information content (AvgIpc) is 3.72. The lowest BCUT2D eigenvalue weighted by atomic mass is 10.2. The number of amides is 2. The Kier molecular flexibility index (Phi) is 9.51. The summed E-state index contributed by atoms with van der Waals surface area (Å²) in [5.41, 5.74) is 2.16. The van der Waals surface area contributed by atoms with Crippen LogP contribution in [0.3, 0.4) is 0 Å². The molecule has 0 unspecified atom stereocenters. The summed E-state index contributed by atoms with van der Waals surface area (Å²) in [6, 6.07) is 12.6. The van der Waals surface area contributed by atoms with E-state index in [9.17, 15) is 4.79 Å². The number of aromatic nitrogens is 4. The van der Waals surface area contributed by atoms with Crippen molar-refractivity contribution in [2.75, 3.05) is 40.3 Å². The number of ether oxygens (including phenoxy) is 4.